The number of hydrogen-bond acceptors (Lipinski definition) is 0. The molecule has 2 atom stereocenters. The number of rotatable bonds is 5. The van der Waals surface area contributed by atoms with Gasteiger partial charge in [-0.05, 0) is 11.8 Å². The predicted octanol–water partition coefficient (Wildman–Crippen LogP) is 6.94. The standard InChI is InChI=1S/C10H22.3C2H6/c1-5-7-8-10(4)9(3)6-2;3*1-2/h9-10H,5-8H2,1-4H3;3*1-2H3. The highest BCUT2D eigenvalue weighted by Gasteiger charge is 2.08. The van der Waals surface area contributed by atoms with E-state index in [4.69, 9.17) is 0 Å². The molecule has 0 spiro atoms. The van der Waals surface area contributed by atoms with E-state index in [9.17, 15) is 0 Å². The lowest BCUT2D eigenvalue weighted by molar-refractivity contribution is 0.346. The summed E-state index contributed by atoms with van der Waals surface area (Å²) < 4.78 is 0. The normalized spacial score (nSPS) is 11.6. The Morgan fingerprint density at radius 1 is 0.688 bits per heavy atom. The van der Waals surface area contributed by atoms with Crippen molar-refractivity contribution in [3.63, 3.8) is 0 Å². The first-order valence-corrected chi connectivity index (χ1v) is 7.72. The highest BCUT2D eigenvalue weighted by molar-refractivity contribution is 4.59. The van der Waals surface area contributed by atoms with Crippen molar-refractivity contribution in [1.82, 2.24) is 0 Å². The van der Waals surface area contributed by atoms with E-state index in [2.05, 4.69) is 27.7 Å². The molecule has 0 saturated carbocycles. The van der Waals surface area contributed by atoms with Crippen molar-refractivity contribution < 1.29 is 0 Å². The molecule has 0 aromatic rings. The summed E-state index contributed by atoms with van der Waals surface area (Å²) >= 11 is 0. The van der Waals surface area contributed by atoms with Crippen LogP contribution in [0.15, 0.2) is 0 Å². The molecule has 0 aromatic heterocycles. The number of unbranched alkanes of at least 4 members (excludes halogenated alkanes) is 1. The van der Waals surface area contributed by atoms with Crippen molar-refractivity contribution >= 4 is 0 Å². The largest absolute Gasteiger partial charge is 0.0683 e. The Balaban J connectivity index is -0.000000103. The maximum Gasteiger partial charge on any atom is -0.0417 e. The molecule has 0 N–H and O–H groups in total. The van der Waals surface area contributed by atoms with Crippen molar-refractivity contribution in [3.05, 3.63) is 0 Å². The van der Waals surface area contributed by atoms with E-state index in [1.807, 2.05) is 41.5 Å². The quantitative estimate of drug-likeness (QED) is 0.481. The molecular weight excluding hydrogens is 192 g/mol. The minimum Gasteiger partial charge on any atom is -0.0683 e. The fourth-order valence-corrected chi connectivity index (χ4v) is 1.21. The average molecular weight is 232 g/mol. The van der Waals surface area contributed by atoms with Gasteiger partial charge in [0.15, 0.2) is 0 Å². The van der Waals surface area contributed by atoms with Crippen molar-refractivity contribution in [2.24, 2.45) is 11.8 Å². The highest BCUT2D eigenvalue weighted by atomic mass is 14.1. The molecule has 16 heavy (non-hydrogen) atoms. The predicted molar refractivity (Wildman–Crippen MR) is 82.2 cm³/mol. The molecule has 0 fully saturated rings. The van der Waals surface area contributed by atoms with Crippen LogP contribution in [0.2, 0.25) is 0 Å². The lowest BCUT2D eigenvalue weighted by atomic mass is 9.89. The summed E-state index contributed by atoms with van der Waals surface area (Å²) in [7, 11) is 0. The molecule has 2 unspecified atom stereocenters. The second-order valence-electron chi connectivity index (χ2n) is 3.51. The topological polar surface area (TPSA) is 0 Å². The van der Waals surface area contributed by atoms with Gasteiger partial charge in [-0.1, -0.05) is 94.9 Å². The van der Waals surface area contributed by atoms with Gasteiger partial charge in [0.25, 0.3) is 0 Å². The van der Waals surface area contributed by atoms with Crippen LogP contribution in [-0.4, -0.2) is 0 Å². The van der Waals surface area contributed by atoms with Crippen LogP contribution in [0.25, 0.3) is 0 Å². The molecule has 0 aliphatic rings. The van der Waals surface area contributed by atoms with Crippen LogP contribution in [0.4, 0.5) is 0 Å². The Kier molecular flexibility index (Phi) is 45.9. The maximum absolute atomic E-state index is 2.38. The van der Waals surface area contributed by atoms with Crippen molar-refractivity contribution in [2.45, 2.75) is 94.9 Å². The molecule has 0 amide bonds. The molecule has 0 aliphatic carbocycles. The minimum atomic E-state index is 0.923. The van der Waals surface area contributed by atoms with Crippen LogP contribution in [-0.2, 0) is 0 Å². The smallest absolute Gasteiger partial charge is 0.0417 e. The summed E-state index contributed by atoms with van der Waals surface area (Å²) in [6.45, 7) is 21.3. The monoisotopic (exact) mass is 232 g/mol. The van der Waals surface area contributed by atoms with Gasteiger partial charge in [-0.3, -0.25) is 0 Å². The van der Waals surface area contributed by atoms with Gasteiger partial charge in [-0.15, -0.1) is 0 Å². The van der Waals surface area contributed by atoms with E-state index in [1.165, 1.54) is 25.7 Å². The van der Waals surface area contributed by atoms with Gasteiger partial charge in [-0.25, -0.2) is 0 Å². The van der Waals surface area contributed by atoms with E-state index in [0.29, 0.717) is 0 Å². The molecular formula is C16H40. The molecule has 0 aliphatic heterocycles. The first kappa shape index (κ1) is 25.0. The maximum atomic E-state index is 2.38. The molecule has 0 heteroatoms. The zero-order chi connectivity index (χ0) is 14.0. The first-order valence-electron chi connectivity index (χ1n) is 7.72. The van der Waals surface area contributed by atoms with Crippen LogP contribution >= 0.6 is 0 Å². The second kappa shape index (κ2) is 29.4. The van der Waals surface area contributed by atoms with Crippen LogP contribution in [0.1, 0.15) is 94.9 Å². The molecule has 0 radical (unpaired) electrons. The van der Waals surface area contributed by atoms with Gasteiger partial charge in [0.2, 0.25) is 0 Å². The fourth-order valence-electron chi connectivity index (χ4n) is 1.21. The lowest BCUT2D eigenvalue weighted by Gasteiger charge is -2.17. The molecule has 0 aromatic carbocycles. The van der Waals surface area contributed by atoms with Crippen LogP contribution in [0.5, 0.6) is 0 Å². The van der Waals surface area contributed by atoms with E-state index in [1.54, 1.807) is 0 Å². The average Bonchev–Trinajstić information content (AvgIpc) is 2.41. The van der Waals surface area contributed by atoms with Crippen molar-refractivity contribution in [1.29, 1.82) is 0 Å². The Labute approximate surface area is 107 Å². The van der Waals surface area contributed by atoms with Gasteiger partial charge in [0.1, 0.15) is 0 Å². The van der Waals surface area contributed by atoms with Crippen LogP contribution in [0, 0.1) is 11.8 Å². The molecule has 0 rings (SSSR count). The molecule has 0 heterocycles. The molecule has 0 saturated heterocycles. The Bertz CT molecular complexity index is 66.4. The van der Waals surface area contributed by atoms with Gasteiger partial charge < -0.3 is 0 Å². The van der Waals surface area contributed by atoms with Crippen molar-refractivity contribution in [2.75, 3.05) is 0 Å². The zero-order valence-electron chi connectivity index (χ0n) is 14.0. The van der Waals surface area contributed by atoms with E-state index >= 15 is 0 Å². The first-order chi connectivity index (χ1) is 7.72. The van der Waals surface area contributed by atoms with Crippen molar-refractivity contribution in [3.8, 4) is 0 Å². The van der Waals surface area contributed by atoms with E-state index < -0.39 is 0 Å². The molecule has 104 valence electrons. The number of hydrogen-bond donors (Lipinski definition) is 0. The van der Waals surface area contributed by atoms with Gasteiger partial charge in [0.05, 0.1) is 0 Å². The lowest BCUT2D eigenvalue weighted by Crippen LogP contribution is -2.06. The van der Waals surface area contributed by atoms with E-state index in [0.717, 1.165) is 11.8 Å². The van der Waals surface area contributed by atoms with Crippen LogP contribution < -0.4 is 0 Å². The summed E-state index contributed by atoms with van der Waals surface area (Å²) in [5, 5.41) is 0. The van der Waals surface area contributed by atoms with E-state index in [-0.39, 0.29) is 0 Å². The van der Waals surface area contributed by atoms with Gasteiger partial charge in [0, 0.05) is 0 Å². The summed E-state index contributed by atoms with van der Waals surface area (Å²) in [5.74, 6) is 1.86. The summed E-state index contributed by atoms with van der Waals surface area (Å²) in [4.78, 5) is 0. The summed E-state index contributed by atoms with van der Waals surface area (Å²) in [6, 6.07) is 0. The molecule has 0 nitrogen and oxygen atoms in total. The van der Waals surface area contributed by atoms with Gasteiger partial charge in [-0.2, -0.15) is 0 Å². The third kappa shape index (κ3) is 23.7. The Hall–Kier alpha value is 0. The zero-order valence-corrected chi connectivity index (χ0v) is 14.0. The fraction of sp³-hybridized carbons (Fsp3) is 1.00. The summed E-state index contributed by atoms with van der Waals surface area (Å²) in [5.41, 5.74) is 0. The van der Waals surface area contributed by atoms with Crippen LogP contribution in [0.3, 0.4) is 0 Å². The Morgan fingerprint density at radius 3 is 1.31 bits per heavy atom. The highest BCUT2D eigenvalue weighted by Crippen LogP contribution is 2.19. The SMILES string of the molecule is CC.CC.CC.CCCCC(C)C(C)CC. The summed E-state index contributed by atoms with van der Waals surface area (Å²) in [6.07, 6.45) is 5.52. The van der Waals surface area contributed by atoms with Gasteiger partial charge >= 0.3 is 0 Å². The molecule has 0 bridgehead atoms. The Morgan fingerprint density at radius 2 is 1.06 bits per heavy atom. The second-order valence-corrected chi connectivity index (χ2v) is 3.51. The third-order valence-corrected chi connectivity index (χ3v) is 2.63. The third-order valence-electron chi connectivity index (χ3n) is 2.63. The minimum absolute atomic E-state index is 0.923.